The van der Waals surface area contributed by atoms with Crippen molar-refractivity contribution in [2.24, 2.45) is 0 Å². The Hall–Kier alpha value is -1.94. The molecule has 1 aliphatic heterocycles. The van der Waals surface area contributed by atoms with Gasteiger partial charge >= 0.3 is 0 Å². The van der Waals surface area contributed by atoms with Crippen molar-refractivity contribution in [3.05, 3.63) is 65.5 Å². The minimum atomic E-state index is -2.50. The summed E-state index contributed by atoms with van der Waals surface area (Å²) in [5.41, 5.74) is 6.96. The third kappa shape index (κ3) is 3.70. The molecule has 1 unspecified atom stereocenters. The zero-order chi connectivity index (χ0) is 17.0. The molecule has 1 aliphatic carbocycles. The Morgan fingerprint density at radius 3 is 2.30 bits per heavy atom. The van der Waals surface area contributed by atoms with Crippen LogP contribution in [0.25, 0.3) is 5.57 Å². The SMILES string of the molecule is C/C=C1/C=C(c2ccc(C3CC3(F)F)cc2)C=CN1NC.CC. The lowest BCUT2D eigenvalue weighted by Crippen LogP contribution is -2.29. The largest absolute Gasteiger partial charge is 0.285 e. The van der Waals surface area contributed by atoms with E-state index in [-0.39, 0.29) is 6.42 Å². The van der Waals surface area contributed by atoms with Crippen LogP contribution in [0.5, 0.6) is 0 Å². The van der Waals surface area contributed by atoms with E-state index in [1.165, 1.54) is 0 Å². The lowest BCUT2D eigenvalue weighted by atomic mass is 10.00. The molecule has 1 heterocycles. The van der Waals surface area contributed by atoms with E-state index in [4.69, 9.17) is 0 Å². The molecule has 0 saturated heterocycles. The van der Waals surface area contributed by atoms with Crippen molar-refractivity contribution in [1.82, 2.24) is 10.4 Å². The number of alkyl halides is 2. The maximum absolute atomic E-state index is 13.1. The van der Waals surface area contributed by atoms with Gasteiger partial charge in [0.2, 0.25) is 0 Å². The summed E-state index contributed by atoms with van der Waals surface area (Å²) in [6, 6.07) is 7.47. The molecule has 4 heteroatoms. The van der Waals surface area contributed by atoms with Crippen LogP contribution in [0.3, 0.4) is 0 Å². The summed E-state index contributed by atoms with van der Waals surface area (Å²) in [4.78, 5) is 0. The van der Waals surface area contributed by atoms with Crippen LogP contribution in [0.2, 0.25) is 0 Å². The van der Waals surface area contributed by atoms with E-state index in [1.807, 2.05) is 75.4 Å². The van der Waals surface area contributed by atoms with Crippen LogP contribution in [0.4, 0.5) is 8.78 Å². The summed E-state index contributed by atoms with van der Waals surface area (Å²) in [7, 11) is 1.86. The van der Waals surface area contributed by atoms with E-state index < -0.39 is 11.8 Å². The first-order chi connectivity index (χ1) is 11.0. The van der Waals surface area contributed by atoms with Crippen LogP contribution >= 0.6 is 0 Å². The van der Waals surface area contributed by atoms with Crippen molar-refractivity contribution in [3.63, 3.8) is 0 Å². The van der Waals surface area contributed by atoms with Crippen molar-refractivity contribution in [3.8, 4) is 0 Å². The zero-order valence-corrected chi connectivity index (χ0v) is 14.1. The van der Waals surface area contributed by atoms with E-state index in [0.717, 1.165) is 22.4 Å². The fraction of sp³-hybridized carbons (Fsp3) is 0.368. The molecule has 1 atom stereocenters. The van der Waals surface area contributed by atoms with Crippen LogP contribution < -0.4 is 5.43 Å². The predicted octanol–water partition coefficient (Wildman–Crippen LogP) is 5.09. The quantitative estimate of drug-likeness (QED) is 0.835. The fourth-order valence-electron chi connectivity index (χ4n) is 2.61. The maximum atomic E-state index is 13.1. The molecule has 124 valence electrons. The summed E-state index contributed by atoms with van der Waals surface area (Å²) in [5.74, 6) is -3.09. The van der Waals surface area contributed by atoms with E-state index >= 15 is 0 Å². The van der Waals surface area contributed by atoms with Gasteiger partial charge in [-0.25, -0.2) is 14.2 Å². The number of benzene rings is 1. The molecule has 0 aromatic heterocycles. The summed E-state index contributed by atoms with van der Waals surface area (Å²) in [6.07, 6.45) is 8.02. The molecule has 0 amide bonds. The first kappa shape index (κ1) is 17.4. The van der Waals surface area contributed by atoms with Crippen LogP contribution in [-0.4, -0.2) is 18.0 Å². The van der Waals surface area contributed by atoms with Gasteiger partial charge in [-0.15, -0.1) is 0 Å². The van der Waals surface area contributed by atoms with Gasteiger partial charge < -0.3 is 0 Å². The molecule has 1 fully saturated rings. The van der Waals surface area contributed by atoms with Crippen LogP contribution in [-0.2, 0) is 0 Å². The third-order valence-electron chi connectivity index (χ3n) is 3.99. The molecule has 2 aliphatic rings. The highest BCUT2D eigenvalue weighted by Crippen LogP contribution is 2.55. The smallest absolute Gasteiger partial charge is 0.255 e. The van der Waals surface area contributed by atoms with Gasteiger partial charge in [0.15, 0.2) is 0 Å². The Balaban J connectivity index is 0.000000924. The molecule has 0 radical (unpaired) electrons. The Kier molecular flexibility index (Phi) is 5.37. The third-order valence-corrected chi connectivity index (χ3v) is 3.99. The van der Waals surface area contributed by atoms with E-state index in [0.29, 0.717) is 0 Å². The second kappa shape index (κ2) is 7.09. The van der Waals surface area contributed by atoms with Crippen molar-refractivity contribution >= 4 is 5.57 Å². The fourth-order valence-corrected chi connectivity index (χ4v) is 2.61. The molecular formula is C19H24F2N2. The highest BCUT2D eigenvalue weighted by atomic mass is 19.3. The molecular weight excluding hydrogens is 294 g/mol. The normalized spacial score (nSPS) is 23.2. The molecule has 3 rings (SSSR count). The van der Waals surface area contributed by atoms with E-state index in [2.05, 4.69) is 11.5 Å². The number of halogens is 2. The van der Waals surface area contributed by atoms with Gasteiger partial charge in [-0.3, -0.25) is 5.01 Å². The minimum Gasteiger partial charge on any atom is -0.285 e. The van der Waals surface area contributed by atoms with Crippen molar-refractivity contribution < 1.29 is 8.78 Å². The zero-order valence-electron chi connectivity index (χ0n) is 14.1. The first-order valence-electron chi connectivity index (χ1n) is 8.06. The lowest BCUT2D eigenvalue weighted by molar-refractivity contribution is 0.112. The van der Waals surface area contributed by atoms with Gasteiger partial charge in [-0.1, -0.05) is 44.2 Å². The van der Waals surface area contributed by atoms with Crippen LogP contribution in [0.15, 0.2) is 54.4 Å². The number of hydrazine groups is 1. The lowest BCUT2D eigenvalue weighted by Gasteiger charge is -2.24. The Bertz CT molecular complexity index is 627. The summed E-state index contributed by atoms with van der Waals surface area (Å²) in [5, 5.41) is 1.92. The van der Waals surface area contributed by atoms with Crippen molar-refractivity contribution in [2.75, 3.05) is 7.05 Å². The molecule has 0 spiro atoms. The van der Waals surface area contributed by atoms with E-state index in [9.17, 15) is 8.78 Å². The average molecular weight is 318 g/mol. The van der Waals surface area contributed by atoms with E-state index in [1.54, 1.807) is 0 Å². The number of nitrogens with one attached hydrogen (secondary N) is 1. The minimum absolute atomic E-state index is 0.0191. The Labute approximate surface area is 137 Å². The number of hydrogen-bond donors (Lipinski definition) is 1. The second-order valence-corrected chi connectivity index (χ2v) is 5.36. The van der Waals surface area contributed by atoms with Gasteiger partial charge in [-0.2, -0.15) is 0 Å². The highest BCUT2D eigenvalue weighted by Gasteiger charge is 2.57. The first-order valence-corrected chi connectivity index (χ1v) is 8.06. The van der Waals surface area contributed by atoms with Gasteiger partial charge in [0, 0.05) is 19.7 Å². The summed E-state index contributed by atoms with van der Waals surface area (Å²) >= 11 is 0. The number of hydrogen-bond acceptors (Lipinski definition) is 2. The highest BCUT2D eigenvalue weighted by molar-refractivity contribution is 5.77. The van der Waals surface area contributed by atoms with Gasteiger partial charge in [0.05, 0.1) is 11.6 Å². The summed E-state index contributed by atoms with van der Waals surface area (Å²) in [6.45, 7) is 5.98. The number of allylic oxidation sites excluding steroid dienone is 4. The molecule has 23 heavy (non-hydrogen) atoms. The Morgan fingerprint density at radius 2 is 1.83 bits per heavy atom. The second-order valence-electron chi connectivity index (χ2n) is 5.36. The van der Waals surface area contributed by atoms with Crippen LogP contribution in [0.1, 0.15) is 44.2 Å². The van der Waals surface area contributed by atoms with Gasteiger partial charge in [0.1, 0.15) is 0 Å². The summed E-state index contributed by atoms with van der Waals surface area (Å²) < 4.78 is 26.1. The standard InChI is InChI=1S/C17H18F2N2.C2H6/c1-3-15-10-14(8-9-21(15)20-2)12-4-6-13(7-5-12)16-11-17(16,18)19;1-2/h3-10,16,20H,11H2,1-2H3;1-2H3/b15-3-;. The average Bonchev–Trinajstić information content (AvgIpc) is 3.24. The van der Waals surface area contributed by atoms with Gasteiger partial charge in [-0.05, 0) is 35.8 Å². The predicted molar refractivity (Wildman–Crippen MR) is 91.9 cm³/mol. The molecule has 0 bridgehead atoms. The van der Waals surface area contributed by atoms with Gasteiger partial charge in [0.25, 0.3) is 5.92 Å². The number of rotatable bonds is 3. The van der Waals surface area contributed by atoms with Crippen LogP contribution in [0, 0.1) is 0 Å². The molecule has 1 saturated carbocycles. The van der Waals surface area contributed by atoms with Crippen molar-refractivity contribution in [1.29, 1.82) is 0 Å². The molecule has 1 aromatic rings. The molecule has 1 N–H and O–H groups in total. The molecule has 1 aromatic carbocycles. The van der Waals surface area contributed by atoms with Crippen molar-refractivity contribution in [2.45, 2.75) is 39.0 Å². The maximum Gasteiger partial charge on any atom is 0.255 e. The topological polar surface area (TPSA) is 15.3 Å². The molecule has 2 nitrogen and oxygen atoms in total. The monoisotopic (exact) mass is 318 g/mol. The Morgan fingerprint density at radius 1 is 1.22 bits per heavy atom. The number of nitrogens with zero attached hydrogens (tertiary/aromatic N) is 1.